The van der Waals surface area contributed by atoms with Crippen molar-refractivity contribution < 1.29 is 29.1 Å². The predicted octanol–water partition coefficient (Wildman–Crippen LogP) is -0.376. The molecule has 9 heteroatoms. The zero-order valence-corrected chi connectivity index (χ0v) is 11.1. The Hall–Kier alpha value is -2.68. The molecule has 0 saturated carbocycles. The van der Waals surface area contributed by atoms with E-state index in [1.165, 1.54) is 24.3 Å². The zero-order valence-electron chi connectivity index (χ0n) is 11.1. The van der Waals surface area contributed by atoms with E-state index < -0.39 is 36.1 Å². The Kier molecular flexibility index (Phi) is 6.08. The molecule has 21 heavy (non-hydrogen) atoms. The number of carbonyl (C=O) groups excluding carboxylic acids is 2. The number of ether oxygens (including phenoxy) is 2. The normalized spacial score (nSPS) is 11.3. The minimum absolute atomic E-state index is 0.0729. The van der Waals surface area contributed by atoms with E-state index in [9.17, 15) is 19.7 Å². The Morgan fingerprint density at radius 1 is 1.43 bits per heavy atom. The number of benzene rings is 1. The van der Waals surface area contributed by atoms with Crippen LogP contribution in [0.4, 0.5) is 5.69 Å². The van der Waals surface area contributed by atoms with E-state index in [0.717, 1.165) is 7.11 Å². The molecule has 114 valence electrons. The van der Waals surface area contributed by atoms with Crippen molar-refractivity contribution >= 4 is 17.6 Å². The molecule has 0 aliphatic rings. The fourth-order valence-corrected chi connectivity index (χ4v) is 1.43. The summed E-state index contributed by atoms with van der Waals surface area (Å²) >= 11 is 0. The third kappa shape index (κ3) is 4.73. The number of aliphatic hydroxyl groups excluding tert-OH is 1. The molecule has 0 aromatic heterocycles. The van der Waals surface area contributed by atoms with Crippen LogP contribution in [0.2, 0.25) is 0 Å². The molecule has 0 bridgehead atoms. The first-order valence-electron chi connectivity index (χ1n) is 5.83. The second-order valence-corrected chi connectivity index (χ2v) is 3.84. The first-order valence-corrected chi connectivity index (χ1v) is 5.83. The van der Waals surface area contributed by atoms with Gasteiger partial charge in [0.15, 0.2) is 18.4 Å². The summed E-state index contributed by atoms with van der Waals surface area (Å²) in [6.07, 6.45) is 0. The number of hydrogen-bond donors (Lipinski definition) is 2. The largest absolute Gasteiger partial charge is 0.477 e. The molecular formula is C12H14N2O7. The van der Waals surface area contributed by atoms with Crippen molar-refractivity contribution in [2.45, 2.75) is 6.04 Å². The van der Waals surface area contributed by atoms with Gasteiger partial charge < -0.3 is 19.9 Å². The summed E-state index contributed by atoms with van der Waals surface area (Å²) in [4.78, 5) is 32.8. The van der Waals surface area contributed by atoms with Crippen molar-refractivity contribution in [3.05, 3.63) is 34.4 Å². The molecule has 0 fully saturated rings. The van der Waals surface area contributed by atoms with E-state index in [1.54, 1.807) is 0 Å². The molecule has 0 spiro atoms. The minimum Gasteiger partial charge on any atom is -0.477 e. The fraction of sp³-hybridized carbons (Fsp3) is 0.333. The Morgan fingerprint density at radius 2 is 2.10 bits per heavy atom. The fourth-order valence-electron chi connectivity index (χ4n) is 1.43. The molecule has 0 saturated heterocycles. The average Bonchev–Trinajstić information content (AvgIpc) is 2.49. The first-order chi connectivity index (χ1) is 9.99. The molecular weight excluding hydrogens is 284 g/mol. The van der Waals surface area contributed by atoms with Gasteiger partial charge in [0.05, 0.1) is 18.6 Å². The van der Waals surface area contributed by atoms with Gasteiger partial charge in [-0.15, -0.1) is 0 Å². The van der Waals surface area contributed by atoms with Gasteiger partial charge in [-0.05, 0) is 6.07 Å². The second kappa shape index (κ2) is 7.80. The van der Waals surface area contributed by atoms with Crippen LogP contribution < -0.4 is 10.1 Å². The van der Waals surface area contributed by atoms with Crippen molar-refractivity contribution in [2.24, 2.45) is 0 Å². The van der Waals surface area contributed by atoms with Gasteiger partial charge in [-0.2, -0.15) is 0 Å². The number of aliphatic hydroxyl groups is 1. The summed E-state index contributed by atoms with van der Waals surface area (Å²) in [5.41, 5.74) is -0.281. The molecule has 1 aromatic rings. The Balaban J connectivity index is 2.61. The van der Waals surface area contributed by atoms with Gasteiger partial charge in [0, 0.05) is 6.07 Å². The Morgan fingerprint density at radius 3 is 2.67 bits per heavy atom. The zero-order chi connectivity index (χ0) is 15.8. The number of nitro benzene ring substituents is 1. The monoisotopic (exact) mass is 298 g/mol. The van der Waals surface area contributed by atoms with Crippen LogP contribution in [0.25, 0.3) is 0 Å². The van der Waals surface area contributed by atoms with Gasteiger partial charge in [-0.25, -0.2) is 4.79 Å². The lowest BCUT2D eigenvalue weighted by Crippen LogP contribution is -2.45. The van der Waals surface area contributed by atoms with Crippen molar-refractivity contribution in [2.75, 3.05) is 20.3 Å². The summed E-state index contributed by atoms with van der Waals surface area (Å²) in [6.45, 7) is -1.18. The van der Waals surface area contributed by atoms with Gasteiger partial charge in [-0.1, -0.05) is 12.1 Å². The number of esters is 1. The van der Waals surface area contributed by atoms with Crippen molar-refractivity contribution in [3.8, 4) is 5.75 Å². The highest BCUT2D eigenvalue weighted by Crippen LogP contribution is 2.25. The van der Waals surface area contributed by atoms with E-state index in [0.29, 0.717) is 0 Å². The summed E-state index contributed by atoms with van der Waals surface area (Å²) in [6, 6.07) is 4.35. The first kappa shape index (κ1) is 16.4. The molecule has 1 rings (SSSR count). The van der Waals surface area contributed by atoms with E-state index in [-0.39, 0.29) is 11.4 Å². The van der Waals surface area contributed by atoms with E-state index in [1.807, 2.05) is 0 Å². The number of hydrogen-bond acceptors (Lipinski definition) is 7. The highest BCUT2D eigenvalue weighted by Gasteiger charge is 2.21. The summed E-state index contributed by atoms with van der Waals surface area (Å²) in [5.74, 6) is -1.61. The molecule has 0 heterocycles. The van der Waals surface area contributed by atoms with Crippen LogP contribution in [0, 0.1) is 10.1 Å². The number of amides is 1. The maximum atomic E-state index is 11.6. The van der Waals surface area contributed by atoms with Crippen LogP contribution >= 0.6 is 0 Å². The number of carbonyl (C=O) groups is 2. The van der Waals surface area contributed by atoms with Gasteiger partial charge >= 0.3 is 11.7 Å². The van der Waals surface area contributed by atoms with E-state index in [2.05, 4.69) is 10.1 Å². The van der Waals surface area contributed by atoms with Gasteiger partial charge in [0.2, 0.25) is 0 Å². The van der Waals surface area contributed by atoms with Gasteiger partial charge in [-0.3, -0.25) is 14.9 Å². The molecule has 9 nitrogen and oxygen atoms in total. The smallest absolute Gasteiger partial charge is 0.330 e. The third-order valence-electron chi connectivity index (χ3n) is 2.42. The Bertz CT molecular complexity index is 532. The van der Waals surface area contributed by atoms with Crippen LogP contribution in [0.5, 0.6) is 5.75 Å². The van der Waals surface area contributed by atoms with E-state index in [4.69, 9.17) is 9.84 Å². The third-order valence-corrected chi connectivity index (χ3v) is 2.42. The quantitative estimate of drug-likeness (QED) is 0.399. The second-order valence-electron chi connectivity index (χ2n) is 3.84. The number of para-hydroxylation sites is 2. The lowest BCUT2D eigenvalue weighted by molar-refractivity contribution is -0.385. The number of nitrogens with zero attached hydrogens (tertiary/aromatic N) is 1. The maximum absolute atomic E-state index is 11.6. The molecule has 0 aliphatic heterocycles. The standard InChI is InChI=1S/C12H14N2O7/c1-20-12(17)8(6-15)13-11(16)7-21-10-5-3-2-4-9(10)14(18)19/h2-5,8,15H,6-7H2,1H3,(H,13,16). The molecule has 0 radical (unpaired) electrons. The summed E-state index contributed by atoms with van der Waals surface area (Å²) < 4.78 is 9.41. The average molecular weight is 298 g/mol. The summed E-state index contributed by atoms with van der Waals surface area (Å²) in [5, 5.41) is 21.9. The van der Waals surface area contributed by atoms with Crippen LogP contribution in [0.15, 0.2) is 24.3 Å². The van der Waals surface area contributed by atoms with Gasteiger partial charge in [0.1, 0.15) is 0 Å². The molecule has 1 atom stereocenters. The lowest BCUT2D eigenvalue weighted by atomic mass is 10.3. The van der Waals surface area contributed by atoms with Crippen LogP contribution in [0.3, 0.4) is 0 Å². The SMILES string of the molecule is COC(=O)C(CO)NC(=O)COc1ccccc1[N+](=O)[O-]. The van der Waals surface area contributed by atoms with Gasteiger partial charge in [0.25, 0.3) is 5.91 Å². The van der Waals surface area contributed by atoms with Crippen molar-refractivity contribution in [1.82, 2.24) is 5.32 Å². The van der Waals surface area contributed by atoms with Crippen LogP contribution in [-0.2, 0) is 14.3 Å². The topological polar surface area (TPSA) is 128 Å². The molecule has 1 unspecified atom stereocenters. The highest BCUT2D eigenvalue weighted by molar-refractivity contribution is 5.85. The minimum atomic E-state index is -1.21. The molecule has 0 aliphatic carbocycles. The molecule has 1 aromatic carbocycles. The van der Waals surface area contributed by atoms with Crippen molar-refractivity contribution in [3.63, 3.8) is 0 Å². The highest BCUT2D eigenvalue weighted by atomic mass is 16.6. The predicted molar refractivity (Wildman–Crippen MR) is 69.6 cm³/mol. The number of nitrogens with one attached hydrogen (secondary N) is 1. The lowest BCUT2D eigenvalue weighted by Gasteiger charge is -2.14. The van der Waals surface area contributed by atoms with Crippen LogP contribution in [-0.4, -0.2) is 48.3 Å². The molecule has 1 amide bonds. The number of methoxy groups -OCH3 is 1. The van der Waals surface area contributed by atoms with Crippen molar-refractivity contribution in [1.29, 1.82) is 0 Å². The molecule has 2 N–H and O–H groups in total. The Labute approximate surface area is 119 Å². The summed E-state index contributed by atoms with van der Waals surface area (Å²) in [7, 11) is 1.11. The van der Waals surface area contributed by atoms with E-state index >= 15 is 0 Å². The number of rotatable bonds is 7. The van der Waals surface area contributed by atoms with Crippen LogP contribution in [0.1, 0.15) is 0 Å². The number of nitro groups is 1. The maximum Gasteiger partial charge on any atom is 0.330 e.